The van der Waals surface area contributed by atoms with Crippen molar-refractivity contribution >= 4 is 13.3 Å². The second-order valence-corrected chi connectivity index (χ2v) is 3.31. The van der Waals surface area contributed by atoms with E-state index in [9.17, 15) is 0 Å². The summed E-state index contributed by atoms with van der Waals surface area (Å²) in [6.45, 7) is 0.551. The molecule has 2 rings (SSSR count). The van der Waals surface area contributed by atoms with Crippen LogP contribution in [0.4, 0.5) is 0 Å². The molecule has 0 bridgehead atoms. The maximum atomic E-state index is 5.76. The van der Waals surface area contributed by atoms with Gasteiger partial charge >= 0.3 is 90.6 Å². The smallest absolute Gasteiger partial charge is 0.870 e. The normalized spacial score (nSPS) is 8.82. The van der Waals surface area contributed by atoms with Crippen molar-refractivity contribution in [3.8, 4) is 5.75 Å². The van der Waals surface area contributed by atoms with E-state index in [-0.39, 0.29) is 11.0 Å². The van der Waals surface area contributed by atoms with Crippen molar-refractivity contribution < 1.29 is 15.7 Å². The zero-order valence-corrected chi connectivity index (χ0v) is 9.28. The van der Waals surface area contributed by atoms with Gasteiger partial charge in [0, 0.05) is 0 Å². The monoisotopic (exact) mass is 228 g/mol. The third kappa shape index (κ3) is 4.30. The van der Waals surface area contributed by atoms with Crippen molar-refractivity contribution in [2.45, 2.75) is 6.61 Å². The summed E-state index contributed by atoms with van der Waals surface area (Å²) < 4.78 is 5.60. The Morgan fingerprint density at radius 3 is 2.06 bits per heavy atom. The summed E-state index contributed by atoms with van der Waals surface area (Å²) in [7, 11) is 5.76. The predicted octanol–water partition coefficient (Wildman–Crippen LogP) is 1.71. The van der Waals surface area contributed by atoms with Crippen LogP contribution in [0.2, 0.25) is 0 Å². The Morgan fingerprint density at radius 1 is 0.824 bits per heavy atom. The fraction of sp³-hybridized carbons (Fsp3) is 0.0769. The SMILES string of the molecule is [B+2]c1ccccc1OCc1ccccc1.[OH-].[OH-]. The van der Waals surface area contributed by atoms with Gasteiger partial charge in [0.2, 0.25) is 0 Å². The van der Waals surface area contributed by atoms with Gasteiger partial charge in [0.25, 0.3) is 0 Å². The third-order valence-corrected chi connectivity index (χ3v) is 2.16. The first-order valence-electron chi connectivity index (χ1n) is 4.87. The molecule has 2 aromatic rings. The summed E-state index contributed by atoms with van der Waals surface area (Å²) in [5, 5.41) is 0. The van der Waals surface area contributed by atoms with Gasteiger partial charge in [-0.25, -0.2) is 0 Å². The fourth-order valence-corrected chi connectivity index (χ4v) is 1.35. The molecule has 4 heteroatoms. The zero-order valence-electron chi connectivity index (χ0n) is 9.28. The van der Waals surface area contributed by atoms with E-state index in [0.717, 1.165) is 11.3 Å². The van der Waals surface area contributed by atoms with Crippen molar-refractivity contribution in [1.82, 2.24) is 0 Å². The predicted molar refractivity (Wildman–Crippen MR) is 66.5 cm³/mol. The van der Waals surface area contributed by atoms with E-state index >= 15 is 0 Å². The van der Waals surface area contributed by atoms with E-state index in [1.165, 1.54) is 0 Å². The average molecular weight is 228 g/mol. The Bertz CT molecular complexity index is 432. The minimum atomic E-state index is 0. The quantitative estimate of drug-likeness (QED) is 0.750. The fourth-order valence-electron chi connectivity index (χ4n) is 1.35. The number of para-hydroxylation sites is 1. The Kier molecular flexibility index (Phi) is 6.71. The van der Waals surface area contributed by atoms with Gasteiger partial charge in [-0.1, -0.05) is 0 Å². The van der Waals surface area contributed by atoms with Gasteiger partial charge in [-0.2, -0.15) is 0 Å². The number of hydrogen-bond acceptors (Lipinski definition) is 3. The first-order valence-corrected chi connectivity index (χ1v) is 4.87. The first kappa shape index (κ1) is 15.2. The number of benzene rings is 2. The van der Waals surface area contributed by atoms with E-state index in [4.69, 9.17) is 12.6 Å². The second-order valence-electron chi connectivity index (χ2n) is 3.31. The van der Waals surface area contributed by atoms with Crippen molar-refractivity contribution in [1.29, 1.82) is 0 Å². The summed E-state index contributed by atoms with van der Waals surface area (Å²) in [5.41, 5.74) is 1.81. The van der Waals surface area contributed by atoms with Gasteiger partial charge in [-0.05, 0) is 0 Å². The molecule has 86 valence electrons. The van der Waals surface area contributed by atoms with E-state index in [0.29, 0.717) is 12.1 Å². The summed E-state index contributed by atoms with van der Waals surface area (Å²) in [6, 6.07) is 17.5. The summed E-state index contributed by atoms with van der Waals surface area (Å²) >= 11 is 0. The zero-order chi connectivity index (χ0) is 10.5. The largest absolute Gasteiger partial charge is 0.870 e. The van der Waals surface area contributed by atoms with E-state index in [1.54, 1.807) is 0 Å². The van der Waals surface area contributed by atoms with Crippen LogP contribution in [0.3, 0.4) is 0 Å². The second kappa shape index (κ2) is 7.49. The minimum Gasteiger partial charge on any atom is -0.870 e. The Hall–Kier alpha value is -1.78. The molecule has 0 aliphatic rings. The van der Waals surface area contributed by atoms with Crippen molar-refractivity contribution in [2.75, 3.05) is 0 Å². The van der Waals surface area contributed by atoms with Crippen LogP contribution in [0.1, 0.15) is 5.56 Å². The van der Waals surface area contributed by atoms with Crippen LogP contribution in [0, 0.1) is 0 Å². The molecule has 0 atom stereocenters. The van der Waals surface area contributed by atoms with Gasteiger partial charge in [-0.15, -0.1) is 0 Å². The molecule has 0 fully saturated rings. The van der Waals surface area contributed by atoms with Crippen LogP contribution in [0.15, 0.2) is 54.6 Å². The molecule has 0 radical (unpaired) electrons. The van der Waals surface area contributed by atoms with Crippen molar-refractivity contribution in [3.63, 3.8) is 0 Å². The van der Waals surface area contributed by atoms with Crippen LogP contribution in [-0.4, -0.2) is 18.8 Å². The molecular weight excluding hydrogens is 215 g/mol. The van der Waals surface area contributed by atoms with Crippen LogP contribution >= 0.6 is 0 Å². The van der Waals surface area contributed by atoms with Crippen molar-refractivity contribution in [2.24, 2.45) is 0 Å². The third-order valence-electron chi connectivity index (χ3n) is 2.16. The molecule has 0 amide bonds. The van der Waals surface area contributed by atoms with Crippen LogP contribution < -0.4 is 10.2 Å². The topological polar surface area (TPSA) is 69.2 Å². The molecule has 0 aromatic heterocycles. The van der Waals surface area contributed by atoms with Crippen LogP contribution in [0.5, 0.6) is 5.75 Å². The maximum Gasteiger partial charge on any atom is -0.870 e. The molecule has 2 N–H and O–H groups in total. The Labute approximate surface area is 102 Å². The Morgan fingerprint density at radius 2 is 1.41 bits per heavy atom. The maximum absolute atomic E-state index is 5.76. The molecule has 0 saturated heterocycles. The van der Waals surface area contributed by atoms with Crippen LogP contribution in [0.25, 0.3) is 0 Å². The van der Waals surface area contributed by atoms with E-state index in [2.05, 4.69) is 0 Å². The number of rotatable bonds is 3. The molecule has 0 spiro atoms. The van der Waals surface area contributed by atoms with Gasteiger partial charge in [0.05, 0.1) is 0 Å². The molecule has 0 heterocycles. The summed E-state index contributed by atoms with van der Waals surface area (Å²) in [6.07, 6.45) is 0. The van der Waals surface area contributed by atoms with Crippen molar-refractivity contribution in [3.05, 3.63) is 60.2 Å². The summed E-state index contributed by atoms with van der Waals surface area (Å²) in [4.78, 5) is 0. The molecule has 2 aromatic carbocycles. The summed E-state index contributed by atoms with van der Waals surface area (Å²) in [5.74, 6) is 0.737. The molecular formula is C13H13BO3. The average Bonchev–Trinajstić information content (AvgIpc) is 2.29. The van der Waals surface area contributed by atoms with Gasteiger partial charge in [0.1, 0.15) is 0 Å². The van der Waals surface area contributed by atoms with E-state index < -0.39 is 0 Å². The minimum absolute atomic E-state index is 0. The number of ether oxygens (including phenoxy) is 1. The van der Waals surface area contributed by atoms with Crippen LogP contribution in [-0.2, 0) is 6.61 Å². The first-order chi connectivity index (χ1) is 7.36. The Balaban J connectivity index is 0.00000128. The molecule has 3 nitrogen and oxygen atoms in total. The number of hydrogen-bond donors (Lipinski definition) is 0. The van der Waals surface area contributed by atoms with Gasteiger partial charge in [-0.3, -0.25) is 0 Å². The molecule has 0 aliphatic heterocycles. The molecule has 17 heavy (non-hydrogen) atoms. The standard InChI is InChI=1S/C13H11BO.2H2O/c14-12-8-4-5-9-13(12)15-10-11-6-2-1-3-7-11;;/h1-9H,10H2;2*1H2/q+2;;/p-2. The van der Waals surface area contributed by atoms with Gasteiger partial charge < -0.3 is 11.0 Å². The van der Waals surface area contributed by atoms with Gasteiger partial charge in [0.15, 0.2) is 0 Å². The molecule has 0 unspecified atom stereocenters. The molecule has 0 aliphatic carbocycles. The molecule has 0 saturated carbocycles. The van der Waals surface area contributed by atoms with E-state index in [1.807, 2.05) is 54.6 Å².